The van der Waals surface area contributed by atoms with Gasteiger partial charge < -0.3 is 9.90 Å². The molecule has 0 amide bonds. The Balaban J connectivity index is 3.50. The Bertz CT molecular complexity index is 97.1. The van der Waals surface area contributed by atoms with Crippen molar-refractivity contribution in [2.45, 2.75) is 27.2 Å². The molecule has 0 aliphatic rings. The van der Waals surface area contributed by atoms with Crippen LogP contribution in [0, 0.1) is 11.8 Å². The minimum atomic E-state index is -0.941. The van der Waals surface area contributed by atoms with E-state index in [-0.39, 0.29) is 5.92 Å². The molecule has 0 aromatic heterocycles. The van der Waals surface area contributed by atoms with Crippen molar-refractivity contribution in [1.82, 2.24) is 0 Å². The van der Waals surface area contributed by atoms with Crippen LogP contribution >= 0.6 is 0 Å². The highest BCUT2D eigenvalue weighted by atomic mass is 16.4. The van der Waals surface area contributed by atoms with Crippen LogP contribution in [0.3, 0.4) is 0 Å². The molecule has 54 valence electrons. The largest absolute Gasteiger partial charge is 0.550 e. The van der Waals surface area contributed by atoms with Crippen LogP contribution < -0.4 is 5.11 Å². The summed E-state index contributed by atoms with van der Waals surface area (Å²) in [6, 6.07) is 0. The number of carboxylic acid groups (broad SMARTS) is 1. The highest BCUT2D eigenvalue weighted by Gasteiger charge is 2.04. The second-order valence-corrected chi connectivity index (χ2v) is 2.85. The minimum Gasteiger partial charge on any atom is -0.550 e. The average Bonchev–Trinajstić information content (AvgIpc) is 1.63. The third-order valence-corrected chi connectivity index (χ3v) is 1.23. The van der Waals surface area contributed by atoms with Crippen molar-refractivity contribution in [3.8, 4) is 0 Å². The highest BCUT2D eigenvalue weighted by molar-refractivity contribution is 5.66. The van der Waals surface area contributed by atoms with Crippen LogP contribution in [0.25, 0.3) is 0 Å². The molecule has 0 radical (unpaired) electrons. The molecule has 0 aromatic carbocycles. The predicted molar refractivity (Wildman–Crippen MR) is 33.6 cm³/mol. The van der Waals surface area contributed by atoms with Crippen molar-refractivity contribution >= 4 is 5.97 Å². The molecular formula is C7H13O2-. The summed E-state index contributed by atoms with van der Waals surface area (Å²) in [5, 5.41) is 10.1. The van der Waals surface area contributed by atoms with Gasteiger partial charge in [0.15, 0.2) is 0 Å². The fourth-order valence-corrected chi connectivity index (χ4v) is 0.803. The molecule has 0 saturated heterocycles. The van der Waals surface area contributed by atoms with Gasteiger partial charge in [-0.15, -0.1) is 0 Å². The molecule has 0 rings (SSSR count). The molecule has 0 aliphatic carbocycles. The molecule has 0 aliphatic heterocycles. The molecule has 0 saturated carbocycles. The van der Waals surface area contributed by atoms with Gasteiger partial charge in [-0.25, -0.2) is 0 Å². The molecule has 2 heteroatoms. The third-order valence-electron chi connectivity index (χ3n) is 1.23. The summed E-state index contributed by atoms with van der Waals surface area (Å²) >= 11 is 0. The van der Waals surface area contributed by atoms with E-state index in [1.165, 1.54) is 0 Å². The second-order valence-electron chi connectivity index (χ2n) is 2.85. The van der Waals surface area contributed by atoms with E-state index < -0.39 is 5.97 Å². The van der Waals surface area contributed by atoms with Crippen molar-refractivity contribution in [1.29, 1.82) is 0 Å². The fourth-order valence-electron chi connectivity index (χ4n) is 0.803. The number of hydrogen-bond acceptors (Lipinski definition) is 2. The summed E-state index contributed by atoms with van der Waals surface area (Å²) in [7, 11) is 0. The molecule has 0 bridgehead atoms. The summed E-state index contributed by atoms with van der Waals surface area (Å²) < 4.78 is 0. The molecule has 1 unspecified atom stereocenters. The van der Waals surface area contributed by atoms with E-state index in [9.17, 15) is 9.90 Å². The van der Waals surface area contributed by atoms with Gasteiger partial charge in [0, 0.05) is 5.97 Å². The summed E-state index contributed by atoms with van der Waals surface area (Å²) in [6.45, 7) is 5.67. The zero-order valence-corrected chi connectivity index (χ0v) is 6.18. The number of carbonyl (C=O) groups is 1. The number of carboxylic acids is 1. The zero-order valence-electron chi connectivity index (χ0n) is 6.18. The first kappa shape index (κ1) is 8.47. The molecule has 0 spiro atoms. The van der Waals surface area contributed by atoms with Crippen LogP contribution in [-0.2, 0) is 4.79 Å². The van der Waals surface area contributed by atoms with Crippen LogP contribution in [0.1, 0.15) is 27.2 Å². The van der Waals surface area contributed by atoms with E-state index in [1.54, 1.807) is 6.92 Å². The van der Waals surface area contributed by atoms with E-state index in [0.717, 1.165) is 0 Å². The van der Waals surface area contributed by atoms with E-state index >= 15 is 0 Å². The van der Waals surface area contributed by atoms with Gasteiger partial charge in [-0.1, -0.05) is 20.8 Å². The topological polar surface area (TPSA) is 40.1 Å². The van der Waals surface area contributed by atoms with Crippen molar-refractivity contribution in [3.05, 3.63) is 0 Å². The van der Waals surface area contributed by atoms with E-state index in [2.05, 4.69) is 0 Å². The average molecular weight is 129 g/mol. The van der Waals surface area contributed by atoms with Crippen LogP contribution in [0.5, 0.6) is 0 Å². The normalized spacial score (nSPS) is 13.8. The summed E-state index contributed by atoms with van der Waals surface area (Å²) in [6.07, 6.45) is 0.711. The first-order chi connectivity index (χ1) is 4.04. The Labute approximate surface area is 55.9 Å². The minimum absolute atomic E-state index is 0.301. The SMILES string of the molecule is CC(C)CC(C)C(=O)[O-]. The second kappa shape index (κ2) is 3.49. The van der Waals surface area contributed by atoms with Crippen molar-refractivity contribution in [3.63, 3.8) is 0 Å². The van der Waals surface area contributed by atoms with Gasteiger partial charge in [-0.05, 0) is 18.3 Å². The smallest absolute Gasteiger partial charge is 0.0442 e. The van der Waals surface area contributed by atoms with Crippen LogP contribution in [-0.4, -0.2) is 5.97 Å². The summed E-state index contributed by atoms with van der Waals surface area (Å²) in [5.41, 5.74) is 0. The Morgan fingerprint density at radius 1 is 1.44 bits per heavy atom. The lowest BCUT2D eigenvalue weighted by molar-refractivity contribution is -0.311. The Morgan fingerprint density at radius 3 is 2.00 bits per heavy atom. The van der Waals surface area contributed by atoms with E-state index in [4.69, 9.17) is 0 Å². The molecule has 9 heavy (non-hydrogen) atoms. The molecule has 0 aromatic rings. The van der Waals surface area contributed by atoms with Crippen LogP contribution in [0.2, 0.25) is 0 Å². The maximum atomic E-state index is 10.1. The molecule has 2 nitrogen and oxygen atoms in total. The van der Waals surface area contributed by atoms with Crippen molar-refractivity contribution in [2.24, 2.45) is 11.8 Å². The third kappa shape index (κ3) is 4.01. The molecule has 0 N–H and O–H groups in total. The first-order valence-electron chi connectivity index (χ1n) is 3.25. The standard InChI is InChI=1S/C7H14O2/c1-5(2)4-6(3)7(8)9/h5-6H,4H2,1-3H3,(H,8,9)/p-1. The number of carbonyl (C=O) groups excluding carboxylic acids is 1. The highest BCUT2D eigenvalue weighted by Crippen LogP contribution is 2.08. The molecule has 1 atom stereocenters. The maximum Gasteiger partial charge on any atom is 0.0442 e. The van der Waals surface area contributed by atoms with E-state index in [0.29, 0.717) is 12.3 Å². The van der Waals surface area contributed by atoms with Gasteiger partial charge in [0.2, 0.25) is 0 Å². The monoisotopic (exact) mass is 129 g/mol. The van der Waals surface area contributed by atoms with Crippen molar-refractivity contribution < 1.29 is 9.90 Å². The first-order valence-corrected chi connectivity index (χ1v) is 3.25. The Hall–Kier alpha value is -0.530. The van der Waals surface area contributed by atoms with Crippen LogP contribution in [0.15, 0.2) is 0 Å². The maximum absolute atomic E-state index is 10.1. The summed E-state index contributed by atoms with van der Waals surface area (Å²) in [5.74, 6) is -0.799. The fraction of sp³-hybridized carbons (Fsp3) is 0.857. The quantitative estimate of drug-likeness (QED) is 0.554. The lowest BCUT2D eigenvalue weighted by Gasteiger charge is -2.13. The Morgan fingerprint density at radius 2 is 1.89 bits per heavy atom. The van der Waals surface area contributed by atoms with Gasteiger partial charge in [0.25, 0.3) is 0 Å². The Kier molecular flexibility index (Phi) is 3.28. The molecule has 0 fully saturated rings. The molecular weight excluding hydrogens is 116 g/mol. The van der Waals surface area contributed by atoms with Gasteiger partial charge >= 0.3 is 0 Å². The van der Waals surface area contributed by atoms with Gasteiger partial charge in [-0.2, -0.15) is 0 Å². The lowest BCUT2D eigenvalue weighted by atomic mass is 9.99. The van der Waals surface area contributed by atoms with Gasteiger partial charge in [-0.3, -0.25) is 0 Å². The van der Waals surface area contributed by atoms with E-state index in [1.807, 2.05) is 13.8 Å². The number of aliphatic carboxylic acids is 1. The van der Waals surface area contributed by atoms with Crippen LogP contribution in [0.4, 0.5) is 0 Å². The number of rotatable bonds is 3. The summed E-state index contributed by atoms with van der Waals surface area (Å²) in [4.78, 5) is 10.1. The van der Waals surface area contributed by atoms with Gasteiger partial charge in [0.05, 0.1) is 0 Å². The number of hydrogen-bond donors (Lipinski definition) is 0. The predicted octanol–water partition coefficient (Wildman–Crippen LogP) is 0.418. The lowest BCUT2D eigenvalue weighted by Crippen LogP contribution is -2.30. The van der Waals surface area contributed by atoms with Crippen molar-refractivity contribution in [2.75, 3.05) is 0 Å². The van der Waals surface area contributed by atoms with Gasteiger partial charge in [0.1, 0.15) is 0 Å². The zero-order chi connectivity index (χ0) is 7.44. The molecule has 0 heterocycles.